The maximum absolute atomic E-state index is 14.7. The fourth-order valence-corrected chi connectivity index (χ4v) is 5.78. The maximum atomic E-state index is 14.7. The van der Waals surface area contributed by atoms with Crippen molar-refractivity contribution in [2.75, 3.05) is 17.7 Å². The second kappa shape index (κ2) is 12.3. The van der Waals surface area contributed by atoms with Gasteiger partial charge in [0.25, 0.3) is 0 Å². The number of anilines is 2. The van der Waals surface area contributed by atoms with E-state index in [0.29, 0.717) is 46.5 Å². The molecule has 218 valence electrons. The number of amides is 3. The van der Waals surface area contributed by atoms with Crippen LogP contribution in [0, 0.1) is 11.8 Å². The molecule has 1 fully saturated rings. The predicted molar refractivity (Wildman–Crippen MR) is 154 cm³/mol. The molecule has 1 aromatic carbocycles. The monoisotopic (exact) mass is 584 g/mol. The van der Waals surface area contributed by atoms with Gasteiger partial charge in [-0.25, -0.2) is 14.2 Å². The number of dihydropyridines is 1. The summed E-state index contributed by atoms with van der Waals surface area (Å²) in [5.74, 6) is 0.145. The second-order valence-electron chi connectivity index (χ2n) is 10.9. The van der Waals surface area contributed by atoms with Gasteiger partial charge in [-0.1, -0.05) is 24.6 Å². The van der Waals surface area contributed by atoms with Gasteiger partial charge in [0.05, 0.1) is 18.8 Å². The topological polar surface area (TPSA) is 137 Å². The summed E-state index contributed by atoms with van der Waals surface area (Å²) in [6, 6.07) is 4.04. The van der Waals surface area contributed by atoms with Gasteiger partial charge in [-0.3, -0.25) is 14.9 Å². The number of fused-ring (bicyclic) bond motifs is 6. The number of carbonyl (C=O) groups excluding carboxylic acids is 3. The molecule has 5 N–H and O–H groups in total. The lowest BCUT2D eigenvalue weighted by Crippen LogP contribution is -2.40. The minimum Gasteiger partial charge on any atom is -0.453 e. The summed E-state index contributed by atoms with van der Waals surface area (Å²) in [4.78, 5) is 46.0. The highest BCUT2D eigenvalue weighted by molar-refractivity contribution is 6.32. The summed E-state index contributed by atoms with van der Waals surface area (Å²) in [7, 11) is 1.25. The van der Waals surface area contributed by atoms with Crippen LogP contribution in [0.1, 0.15) is 63.7 Å². The SMILES string of the molecule is COC(=O)Nc1ccc2c(c1)NC(=O)CCC1=C(F)C=CC(CC(NC(=O)C3CCC(C)CC3)c3nc-2c(Cl)[nH]3)N1. The lowest BCUT2D eigenvalue weighted by molar-refractivity contribution is -0.127. The summed E-state index contributed by atoms with van der Waals surface area (Å²) in [6.45, 7) is 2.21. The van der Waals surface area contributed by atoms with Gasteiger partial charge in [0.15, 0.2) is 0 Å². The Hall–Kier alpha value is -3.86. The first-order valence-corrected chi connectivity index (χ1v) is 14.3. The molecule has 0 saturated heterocycles. The first-order chi connectivity index (χ1) is 19.7. The first kappa shape index (κ1) is 28.7. The van der Waals surface area contributed by atoms with Crippen molar-refractivity contribution >= 4 is 40.9 Å². The van der Waals surface area contributed by atoms with Crippen molar-refractivity contribution in [3.63, 3.8) is 0 Å². The number of aromatic nitrogens is 2. The van der Waals surface area contributed by atoms with Crippen LogP contribution < -0.4 is 21.3 Å². The number of allylic oxidation sites excluding steroid dienone is 3. The van der Waals surface area contributed by atoms with Crippen LogP contribution in [0.2, 0.25) is 5.15 Å². The lowest BCUT2D eigenvalue weighted by atomic mass is 9.82. The molecule has 41 heavy (non-hydrogen) atoms. The van der Waals surface area contributed by atoms with Crippen LogP contribution in [0.5, 0.6) is 0 Å². The van der Waals surface area contributed by atoms with E-state index in [1.807, 2.05) is 0 Å². The van der Waals surface area contributed by atoms with E-state index in [1.54, 1.807) is 24.3 Å². The van der Waals surface area contributed by atoms with E-state index < -0.39 is 18.0 Å². The van der Waals surface area contributed by atoms with Gasteiger partial charge in [-0.05, 0) is 68.7 Å². The van der Waals surface area contributed by atoms with E-state index >= 15 is 0 Å². The fourth-order valence-electron chi connectivity index (χ4n) is 5.54. The zero-order valence-corrected chi connectivity index (χ0v) is 23.7. The minimum absolute atomic E-state index is 0.00419. The Kier molecular flexibility index (Phi) is 8.63. The molecule has 4 bridgehead atoms. The molecule has 3 heterocycles. The number of halogens is 2. The summed E-state index contributed by atoms with van der Waals surface area (Å²) in [6.07, 6.45) is 6.65. The van der Waals surface area contributed by atoms with Gasteiger partial charge in [0.2, 0.25) is 11.8 Å². The van der Waals surface area contributed by atoms with Crippen molar-refractivity contribution in [3.05, 3.63) is 52.9 Å². The highest BCUT2D eigenvalue weighted by Crippen LogP contribution is 2.37. The molecule has 1 aromatic heterocycles. The molecular weight excluding hydrogens is 551 g/mol. The summed E-state index contributed by atoms with van der Waals surface area (Å²) in [5.41, 5.74) is 1.93. The average molecular weight is 585 g/mol. The van der Waals surface area contributed by atoms with Gasteiger partial charge in [0.1, 0.15) is 22.5 Å². The van der Waals surface area contributed by atoms with Crippen molar-refractivity contribution < 1.29 is 23.5 Å². The largest absolute Gasteiger partial charge is 0.453 e. The van der Waals surface area contributed by atoms with Crippen molar-refractivity contribution in [3.8, 4) is 11.3 Å². The molecule has 2 aromatic rings. The Labute approximate surface area is 242 Å². The van der Waals surface area contributed by atoms with Crippen LogP contribution in [0.15, 0.2) is 41.9 Å². The highest BCUT2D eigenvalue weighted by Gasteiger charge is 2.31. The number of hydrogen-bond donors (Lipinski definition) is 5. The highest BCUT2D eigenvalue weighted by atomic mass is 35.5. The number of H-pyrrole nitrogens is 1. The number of aromatic amines is 1. The van der Waals surface area contributed by atoms with Crippen molar-refractivity contribution in [1.29, 1.82) is 0 Å². The predicted octanol–water partition coefficient (Wildman–Crippen LogP) is 5.72. The van der Waals surface area contributed by atoms with Crippen LogP contribution in [0.25, 0.3) is 11.3 Å². The molecule has 2 unspecified atom stereocenters. The Balaban J connectivity index is 1.52. The molecule has 10 nitrogen and oxygen atoms in total. The molecule has 2 aliphatic heterocycles. The molecule has 5 rings (SSSR count). The summed E-state index contributed by atoms with van der Waals surface area (Å²) in [5, 5.41) is 12.0. The Morgan fingerprint density at radius 2 is 1.95 bits per heavy atom. The van der Waals surface area contributed by atoms with Crippen LogP contribution >= 0.6 is 11.6 Å². The van der Waals surface area contributed by atoms with Crippen LogP contribution in [-0.4, -0.2) is 41.0 Å². The zero-order chi connectivity index (χ0) is 29.1. The number of nitrogens with zero attached hydrogens (tertiary/aromatic N) is 1. The van der Waals surface area contributed by atoms with E-state index in [9.17, 15) is 18.8 Å². The van der Waals surface area contributed by atoms with Gasteiger partial charge in [-0.15, -0.1) is 0 Å². The number of nitrogens with one attached hydrogen (secondary N) is 5. The number of rotatable bonds is 3. The Morgan fingerprint density at radius 3 is 2.71 bits per heavy atom. The molecule has 1 saturated carbocycles. The van der Waals surface area contributed by atoms with Gasteiger partial charge in [0, 0.05) is 35.3 Å². The van der Waals surface area contributed by atoms with E-state index in [4.69, 9.17) is 16.6 Å². The zero-order valence-electron chi connectivity index (χ0n) is 23.0. The van der Waals surface area contributed by atoms with E-state index in [2.05, 4.69) is 37.9 Å². The third kappa shape index (κ3) is 6.73. The molecule has 1 aliphatic carbocycles. The summed E-state index contributed by atoms with van der Waals surface area (Å²) >= 11 is 6.66. The number of carbonyl (C=O) groups is 3. The van der Waals surface area contributed by atoms with Gasteiger partial charge < -0.3 is 25.7 Å². The average Bonchev–Trinajstić information content (AvgIpc) is 3.34. The van der Waals surface area contributed by atoms with Crippen molar-refractivity contribution in [1.82, 2.24) is 20.6 Å². The van der Waals surface area contributed by atoms with Gasteiger partial charge in [-0.2, -0.15) is 0 Å². The van der Waals surface area contributed by atoms with Crippen molar-refractivity contribution in [2.24, 2.45) is 11.8 Å². The molecule has 3 aliphatic rings. The normalized spacial score (nSPS) is 24.3. The van der Waals surface area contributed by atoms with Crippen molar-refractivity contribution in [2.45, 2.75) is 64.0 Å². The standard InChI is InChI=1S/C29H34ClFN6O4/c1-15-3-5-16(6-4-15)28(39)35-23-14-17-8-10-20(31)21(32-17)11-12-24(38)34-22-13-18(33-29(40)41-2)7-9-19(22)25-26(30)37-27(23)36-25/h7-10,13,15-17,23,32H,3-6,11-12,14H2,1-2H3,(H,33,40)(H,34,38)(H,35,39)(H,36,37). The molecule has 0 radical (unpaired) electrons. The van der Waals surface area contributed by atoms with E-state index in [1.165, 1.54) is 13.2 Å². The van der Waals surface area contributed by atoms with Crippen LogP contribution in [0.3, 0.4) is 0 Å². The minimum atomic E-state index is -0.670. The summed E-state index contributed by atoms with van der Waals surface area (Å²) < 4.78 is 19.4. The second-order valence-corrected chi connectivity index (χ2v) is 11.3. The molecule has 2 atom stereocenters. The number of methoxy groups -OCH3 is 1. The van der Waals surface area contributed by atoms with Gasteiger partial charge >= 0.3 is 6.09 Å². The van der Waals surface area contributed by atoms with Crippen LogP contribution in [0.4, 0.5) is 20.6 Å². The first-order valence-electron chi connectivity index (χ1n) is 13.9. The number of ether oxygens (including phenoxy) is 1. The quantitative estimate of drug-likeness (QED) is 0.313. The third-order valence-corrected chi connectivity index (χ3v) is 8.18. The molecule has 0 spiro atoms. The number of hydrogen-bond acceptors (Lipinski definition) is 6. The number of imidazole rings is 1. The number of benzene rings is 1. The smallest absolute Gasteiger partial charge is 0.411 e. The third-order valence-electron chi connectivity index (χ3n) is 7.91. The maximum Gasteiger partial charge on any atom is 0.411 e. The van der Waals surface area contributed by atoms with E-state index in [-0.39, 0.29) is 41.8 Å². The molecular formula is C29H34ClFN6O4. The lowest BCUT2D eigenvalue weighted by Gasteiger charge is -2.29. The molecule has 3 amide bonds. The van der Waals surface area contributed by atoms with E-state index in [0.717, 1.165) is 25.7 Å². The van der Waals surface area contributed by atoms with Crippen LogP contribution in [-0.2, 0) is 14.3 Å². The Bertz CT molecular complexity index is 1400. The molecule has 12 heteroatoms. The fraction of sp³-hybridized carbons (Fsp3) is 0.448. The Morgan fingerprint density at radius 1 is 1.17 bits per heavy atom.